The molecule has 2 rings (SSSR count). The molecular formula is C18H22Cl3NO4. The summed E-state index contributed by atoms with van der Waals surface area (Å²) in [6.45, 7) is 7.79. The van der Waals surface area contributed by atoms with E-state index in [0.717, 1.165) is 0 Å². The van der Waals surface area contributed by atoms with Crippen LogP contribution in [0.15, 0.2) is 12.1 Å². The first-order chi connectivity index (χ1) is 12.2. The van der Waals surface area contributed by atoms with E-state index in [1.54, 1.807) is 24.0 Å². The highest BCUT2D eigenvalue weighted by Gasteiger charge is 2.47. The second-order valence-corrected chi connectivity index (χ2v) is 7.73. The fourth-order valence-corrected chi connectivity index (χ4v) is 4.16. The summed E-state index contributed by atoms with van der Waals surface area (Å²) in [5, 5.41) is 1.05. The number of nitrogens with zero attached hydrogens (tertiary/aromatic N) is 1. The van der Waals surface area contributed by atoms with Gasteiger partial charge in [-0.2, -0.15) is 0 Å². The van der Waals surface area contributed by atoms with Crippen molar-refractivity contribution in [1.29, 1.82) is 0 Å². The molecule has 0 spiro atoms. The Morgan fingerprint density at radius 1 is 1.08 bits per heavy atom. The van der Waals surface area contributed by atoms with E-state index < -0.39 is 12.4 Å². The fraction of sp³-hybridized carbons (Fsp3) is 0.556. The number of hydrogen-bond acceptors (Lipinski definition) is 4. The van der Waals surface area contributed by atoms with E-state index in [4.69, 9.17) is 44.3 Å². The zero-order valence-electron chi connectivity index (χ0n) is 15.1. The van der Waals surface area contributed by atoms with Gasteiger partial charge in [-0.3, -0.25) is 4.79 Å². The van der Waals surface area contributed by atoms with E-state index in [0.29, 0.717) is 20.6 Å². The average Bonchev–Trinajstić information content (AvgIpc) is 2.75. The molecule has 8 heteroatoms. The van der Waals surface area contributed by atoms with Gasteiger partial charge in [-0.25, -0.2) is 4.79 Å². The maximum Gasteiger partial charge on any atom is 0.510 e. The molecule has 1 heterocycles. The predicted molar refractivity (Wildman–Crippen MR) is 102 cm³/mol. The van der Waals surface area contributed by atoms with Gasteiger partial charge < -0.3 is 14.4 Å². The molecule has 1 aliphatic rings. The topological polar surface area (TPSA) is 55.8 Å². The molecular weight excluding hydrogens is 401 g/mol. The van der Waals surface area contributed by atoms with Gasteiger partial charge in [0.2, 0.25) is 5.91 Å². The van der Waals surface area contributed by atoms with Crippen molar-refractivity contribution in [2.24, 2.45) is 11.8 Å². The van der Waals surface area contributed by atoms with Crippen molar-refractivity contribution in [3.63, 3.8) is 0 Å². The molecule has 1 fully saturated rings. The molecule has 1 aromatic carbocycles. The lowest BCUT2D eigenvalue weighted by molar-refractivity contribution is -0.142. The number of benzene rings is 1. The number of amides is 1. The van der Waals surface area contributed by atoms with Crippen LogP contribution in [-0.2, 0) is 20.7 Å². The highest BCUT2D eigenvalue weighted by atomic mass is 35.5. The zero-order chi connectivity index (χ0) is 19.6. The Morgan fingerprint density at radius 3 is 2.19 bits per heavy atom. The van der Waals surface area contributed by atoms with Crippen LogP contribution in [0.25, 0.3) is 0 Å². The molecule has 4 atom stereocenters. The van der Waals surface area contributed by atoms with Crippen LogP contribution in [0.2, 0.25) is 15.1 Å². The van der Waals surface area contributed by atoms with Crippen molar-refractivity contribution in [2.75, 3.05) is 6.61 Å². The number of halogens is 3. The Morgan fingerprint density at radius 2 is 1.65 bits per heavy atom. The standard InChI is InChI=1S/C18H22Cl3NO4/c1-5-25-18(24)26-17-10(3)9(2)11(4)22(17)16(23)8-13-14(20)6-12(19)7-15(13)21/h6-7,9-11,17H,5,8H2,1-4H3. The second kappa shape index (κ2) is 8.68. The molecule has 4 unspecified atom stereocenters. The van der Waals surface area contributed by atoms with Crippen molar-refractivity contribution in [2.45, 2.75) is 46.4 Å². The number of likely N-dealkylation sites (tertiary alicyclic amines) is 1. The maximum atomic E-state index is 13.0. The summed E-state index contributed by atoms with van der Waals surface area (Å²) in [6, 6.07) is 2.98. The number of carbonyl (C=O) groups is 2. The molecule has 5 nitrogen and oxygen atoms in total. The van der Waals surface area contributed by atoms with E-state index in [2.05, 4.69) is 0 Å². The fourth-order valence-electron chi connectivity index (χ4n) is 3.20. The minimum Gasteiger partial charge on any atom is -0.435 e. The smallest absolute Gasteiger partial charge is 0.435 e. The summed E-state index contributed by atoms with van der Waals surface area (Å²) in [6.07, 6.45) is -1.50. The van der Waals surface area contributed by atoms with Crippen molar-refractivity contribution >= 4 is 46.9 Å². The summed E-state index contributed by atoms with van der Waals surface area (Å²) in [7, 11) is 0. The molecule has 1 aromatic rings. The lowest BCUT2D eigenvalue weighted by Gasteiger charge is -2.29. The lowest BCUT2D eigenvalue weighted by atomic mass is 9.94. The molecule has 0 radical (unpaired) electrons. The average molecular weight is 423 g/mol. The van der Waals surface area contributed by atoms with Gasteiger partial charge in [0.25, 0.3) is 0 Å². The third-order valence-corrected chi connectivity index (χ3v) is 5.85. The van der Waals surface area contributed by atoms with Gasteiger partial charge in [0.1, 0.15) is 0 Å². The highest BCUT2D eigenvalue weighted by Crippen LogP contribution is 2.37. The van der Waals surface area contributed by atoms with Gasteiger partial charge in [-0.1, -0.05) is 48.7 Å². The van der Waals surface area contributed by atoms with E-state index >= 15 is 0 Å². The molecule has 0 N–H and O–H groups in total. The van der Waals surface area contributed by atoms with Crippen molar-refractivity contribution in [1.82, 2.24) is 4.90 Å². The van der Waals surface area contributed by atoms with E-state index in [1.807, 2.05) is 20.8 Å². The number of carbonyl (C=O) groups excluding carboxylic acids is 2. The normalized spacial score (nSPS) is 25.3. The number of ether oxygens (including phenoxy) is 2. The summed E-state index contributed by atoms with van der Waals surface area (Å²) in [4.78, 5) is 26.4. The van der Waals surface area contributed by atoms with Gasteiger partial charge in [-0.05, 0) is 37.5 Å². The van der Waals surface area contributed by atoms with Crippen LogP contribution < -0.4 is 0 Å². The zero-order valence-corrected chi connectivity index (χ0v) is 17.4. The molecule has 1 saturated heterocycles. The van der Waals surface area contributed by atoms with Crippen molar-refractivity contribution in [3.05, 3.63) is 32.8 Å². The van der Waals surface area contributed by atoms with Crippen LogP contribution >= 0.6 is 34.8 Å². The molecule has 144 valence electrons. The Kier molecular flexibility index (Phi) is 7.05. The van der Waals surface area contributed by atoms with Gasteiger partial charge in [0.15, 0.2) is 6.23 Å². The Balaban J connectivity index is 2.25. The van der Waals surface area contributed by atoms with Crippen LogP contribution in [0.1, 0.15) is 33.3 Å². The summed E-state index contributed by atoms with van der Waals surface area (Å²) >= 11 is 18.3. The highest BCUT2D eigenvalue weighted by molar-refractivity contribution is 6.39. The minimum absolute atomic E-state index is 0.0126. The predicted octanol–water partition coefficient (Wildman–Crippen LogP) is 5.19. The number of rotatable bonds is 4. The quantitative estimate of drug-likeness (QED) is 0.626. The number of hydrogen-bond donors (Lipinski definition) is 0. The third kappa shape index (κ3) is 4.38. The van der Waals surface area contributed by atoms with Crippen molar-refractivity contribution in [3.8, 4) is 0 Å². The van der Waals surface area contributed by atoms with Crippen LogP contribution in [-0.4, -0.2) is 35.8 Å². The molecule has 26 heavy (non-hydrogen) atoms. The molecule has 1 amide bonds. The summed E-state index contributed by atoms with van der Waals surface area (Å²) in [5.41, 5.74) is 0.497. The molecule has 0 aromatic heterocycles. The Hall–Kier alpha value is -1.17. The molecule has 0 saturated carbocycles. The second-order valence-electron chi connectivity index (χ2n) is 6.48. The van der Waals surface area contributed by atoms with Gasteiger partial charge in [-0.15, -0.1) is 0 Å². The Bertz CT molecular complexity index is 674. The van der Waals surface area contributed by atoms with E-state index in [-0.39, 0.29) is 36.8 Å². The van der Waals surface area contributed by atoms with Crippen LogP contribution in [0.3, 0.4) is 0 Å². The van der Waals surface area contributed by atoms with Crippen LogP contribution in [0, 0.1) is 11.8 Å². The third-order valence-electron chi connectivity index (χ3n) is 4.95. The first-order valence-electron chi connectivity index (χ1n) is 8.45. The monoisotopic (exact) mass is 421 g/mol. The summed E-state index contributed by atoms with van der Waals surface area (Å²) in [5.74, 6) is -0.113. The van der Waals surface area contributed by atoms with Gasteiger partial charge in [0.05, 0.1) is 13.0 Å². The molecule has 0 bridgehead atoms. The van der Waals surface area contributed by atoms with Gasteiger partial charge >= 0.3 is 6.16 Å². The largest absolute Gasteiger partial charge is 0.510 e. The first-order valence-corrected chi connectivity index (χ1v) is 9.58. The van der Waals surface area contributed by atoms with Gasteiger partial charge in [0, 0.05) is 27.0 Å². The molecule has 0 aliphatic carbocycles. The van der Waals surface area contributed by atoms with E-state index in [1.165, 1.54) is 0 Å². The summed E-state index contributed by atoms with van der Waals surface area (Å²) < 4.78 is 10.3. The van der Waals surface area contributed by atoms with Crippen LogP contribution in [0.4, 0.5) is 4.79 Å². The molecule has 1 aliphatic heterocycles. The Labute approximate surface area is 168 Å². The first kappa shape index (κ1) is 21.1. The SMILES string of the molecule is CCOC(=O)OC1C(C)C(C)C(C)N1C(=O)Cc1c(Cl)cc(Cl)cc1Cl. The van der Waals surface area contributed by atoms with Crippen LogP contribution in [0.5, 0.6) is 0 Å². The lowest BCUT2D eigenvalue weighted by Crippen LogP contribution is -2.44. The maximum absolute atomic E-state index is 13.0. The van der Waals surface area contributed by atoms with E-state index in [9.17, 15) is 9.59 Å². The van der Waals surface area contributed by atoms with Crippen molar-refractivity contribution < 1.29 is 19.1 Å². The minimum atomic E-state index is -0.786.